The van der Waals surface area contributed by atoms with Gasteiger partial charge in [-0.15, -0.1) is 0 Å². The van der Waals surface area contributed by atoms with E-state index in [4.69, 9.17) is 9.84 Å². The molecule has 0 aliphatic rings. The van der Waals surface area contributed by atoms with E-state index in [1.807, 2.05) is 0 Å². The Balaban J connectivity index is 2.12. The second-order valence-electron chi connectivity index (χ2n) is 3.76. The van der Waals surface area contributed by atoms with Crippen LogP contribution in [-0.4, -0.2) is 27.6 Å². The number of hydrogen-bond acceptors (Lipinski definition) is 3. The molecule has 1 unspecified atom stereocenters. The number of halogens is 1. The molecule has 1 aromatic heterocycles. The average molecular weight is 236 g/mol. The summed E-state index contributed by atoms with van der Waals surface area (Å²) in [6, 6.07) is 6.11. The van der Waals surface area contributed by atoms with E-state index in [-0.39, 0.29) is 12.4 Å². The Kier molecular flexibility index (Phi) is 3.39. The summed E-state index contributed by atoms with van der Waals surface area (Å²) in [4.78, 5) is 0. The van der Waals surface area contributed by atoms with Gasteiger partial charge in [0.15, 0.2) is 5.75 Å². The van der Waals surface area contributed by atoms with Gasteiger partial charge in [0.2, 0.25) is 0 Å². The van der Waals surface area contributed by atoms with E-state index in [0.29, 0.717) is 11.4 Å². The molecular formula is C12H13FN2O2. The van der Waals surface area contributed by atoms with E-state index in [1.54, 1.807) is 25.3 Å². The van der Waals surface area contributed by atoms with E-state index >= 15 is 0 Å². The van der Waals surface area contributed by atoms with Crippen molar-refractivity contribution in [3.05, 3.63) is 42.5 Å². The van der Waals surface area contributed by atoms with Crippen molar-refractivity contribution in [2.24, 2.45) is 0 Å². The fourth-order valence-corrected chi connectivity index (χ4v) is 1.36. The lowest BCUT2D eigenvalue weighted by molar-refractivity contribution is 0.122. The van der Waals surface area contributed by atoms with Crippen LogP contribution in [0.3, 0.4) is 0 Å². The van der Waals surface area contributed by atoms with Gasteiger partial charge in [-0.25, -0.2) is 9.07 Å². The molecule has 1 N–H and O–H groups in total. The van der Waals surface area contributed by atoms with Gasteiger partial charge < -0.3 is 9.84 Å². The van der Waals surface area contributed by atoms with Gasteiger partial charge in [-0.3, -0.25) is 0 Å². The molecule has 2 aromatic rings. The van der Waals surface area contributed by atoms with Crippen LogP contribution in [0.5, 0.6) is 5.75 Å². The number of aliphatic hydroxyl groups is 1. The highest BCUT2D eigenvalue weighted by Gasteiger charge is 2.04. The first-order chi connectivity index (χ1) is 8.15. The second-order valence-corrected chi connectivity index (χ2v) is 3.76. The molecule has 0 fully saturated rings. The summed E-state index contributed by atoms with van der Waals surface area (Å²) in [6.45, 7) is 1.84. The highest BCUT2D eigenvalue weighted by molar-refractivity contribution is 5.32. The summed E-state index contributed by atoms with van der Waals surface area (Å²) >= 11 is 0. The molecule has 1 atom stereocenters. The lowest BCUT2D eigenvalue weighted by Gasteiger charge is -2.04. The SMILES string of the molecule is CC(O)COc1cnn(-c2cccc(F)c2)c1. The van der Waals surface area contributed by atoms with E-state index in [2.05, 4.69) is 5.10 Å². The van der Waals surface area contributed by atoms with Gasteiger partial charge in [0.1, 0.15) is 12.4 Å². The number of hydrogen-bond donors (Lipinski definition) is 1. The fourth-order valence-electron chi connectivity index (χ4n) is 1.36. The van der Waals surface area contributed by atoms with Gasteiger partial charge in [-0.1, -0.05) is 6.07 Å². The molecule has 90 valence electrons. The second kappa shape index (κ2) is 4.97. The van der Waals surface area contributed by atoms with Crippen molar-refractivity contribution in [2.75, 3.05) is 6.61 Å². The molecule has 2 rings (SSSR count). The van der Waals surface area contributed by atoms with Crippen molar-refractivity contribution in [3.63, 3.8) is 0 Å². The largest absolute Gasteiger partial charge is 0.488 e. The zero-order valence-electron chi connectivity index (χ0n) is 9.38. The number of benzene rings is 1. The molecule has 0 aliphatic carbocycles. The predicted octanol–water partition coefficient (Wildman–Crippen LogP) is 1.77. The highest BCUT2D eigenvalue weighted by Crippen LogP contribution is 2.14. The predicted molar refractivity (Wildman–Crippen MR) is 60.7 cm³/mol. The van der Waals surface area contributed by atoms with Crippen molar-refractivity contribution < 1.29 is 14.2 Å². The van der Waals surface area contributed by atoms with Crippen molar-refractivity contribution in [1.29, 1.82) is 0 Å². The summed E-state index contributed by atoms with van der Waals surface area (Å²) in [5.41, 5.74) is 0.622. The van der Waals surface area contributed by atoms with E-state index in [9.17, 15) is 4.39 Å². The monoisotopic (exact) mass is 236 g/mol. The third-order valence-corrected chi connectivity index (χ3v) is 2.12. The third-order valence-electron chi connectivity index (χ3n) is 2.12. The van der Waals surface area contributed by atoms with Gasteiger partial charge in [-0.2, -0.15) is 5.10 Å². The molecule has 0 radical (unpaired) electrons. The van der Waals surface area contributed by atoms with Crippen molar-refractivity contribution >= 4 is 0 Å². The maximum Gasteiger partial charge on any atom is 0.157 e. The van der Waals surface area contributed by atoms with Crippen LogP contribution < -0.4 is 4.74 Å². The quantitative estimate of drug-likeness (QED) is 0.880. The minimum atomic E-state index is -0.535. The smallest absolute Gasteiger partial charge is 0.157 e. The van der Waals surface area contributed by atoms with Crippen LogP contribution in [-0.2, 0) is 0 Å². The van der Waals surface area contributed by atoms with Crippen LogP contribution in [0.25, 0.3) is 5.69 Å². The number of aromatic nitrogens is 2. The van der Waals surface area contributed by atoms with Crippen LogP contribution in [0, 0.1) is 5.82 Å². The van der Waals surface area contributed by atoms with E-state index in [0.717, 1.165) is 0 Å². The zero-order valence-corrected chi connectivity index (χ0v) is 9.38. The Hall–Kier alpha value is -1.88. The van der Waals surface area contributed by atoms with Crippen LogP contribution in [0.2, 0.25) is 0 Å². The van der Waals surface area contributed by atoms with Gasteiger partial charge >= 0.3 is 0 Å². The fraction of sp³-hybridized carbons (Fsp3) is 0.250. The Labute approximate surface area is 98.3 Å². The molecular weight excluding hydrogens is 223 g/mol. The molecule has 1 aromatic carbocycles. The summed E-state index contributed by atoms with van der Waals surface area (Å²) in [5, 5.41) is 13.1. The Morgan fingerprint density at radius 2 is 2.35 bits per heavy atom. The van der Waals surface area contributed by atoms with E-state index in [1.165, 1.54) is 23.0 Å². The standard InChI is InChI=1S/C12H13FN2O2/c1-9(16)8-17-12-6-14-15(7-12)11-4-2-3-10(13)5-11/h2-7,9,16H,8H2,1H3. The molecule has 5 heteroatoms. The molecule has 0 amide bonds. The number of nitrogens with zero attached hydrogens (tertiary/aromatic N) is 2. The maximum atomic E-state index is 13.0. The highest BCUT2D eigenvalue weighted by atomic mass is 19.1. The number of rotatable bonds is 4. The lowest BCUT2D eigenvalue weighted by atomic mass is 10.3. The molecule has 0 bridgehead atoms. The Bertz CT molecular complexity index is 497. The van der Waals surface area contributed by atoms with Crippen molar-refractivity contribution in [2.45, 2.75) is 13.0 Å². The molecule has 0 aliphatic heterocycles. The minimum absolute atomic E-state index is 0.203. The van der Waals surface area contributed by atoms with Crippen LogP contribution >= 0.6 is 0 Å². The lowest BCUT2D eigenvalue weighted by Crippen LogP contribution is -2.12. The Morgan fingerprint density at radius 1 is 1.53 bits per heavy atom. The average Bonchev–Trinajstić information content (AvgIpc) is 2.75. The molecule has 17 heavy (non-hydrogen) atoms. The molecule has 0 saturated carbocycles. The molecule has 0 saturated heterocycles. The topological polar surface area (TPSA) is 47.3 Å². The summed E-state index contributed by atoms with van der Waals surface area (Å²) in [5.74, 6) is 0.222. The Morgan fingerprint density at radius 3 is 3.06 bits per heavy atom. The maximum absolute atomic E-state index is 13.0. The summed E-state index contributed by atoms with van der Waals surface area (Å²) < 4.78 is 19.8. The van der Waals surface area contributed by atoms with Crippen LogP contribution in [0.15, 0.2) is 36.7 Å². The molecule has 4 nitrogen and oxygen atoms in total. The summed E-state index contributed by atoms with van der Waals surface area (Å²) in [7, 11) is 0. The first-order valence-corrected chi connectivity index (χ1v) is 5.26. The zero-order chi connectivity index (χ0) is 12.3. The normalized spacial score (nSPS) is 12.4. The van der Waals surface area contributed by atoms with Gasteiger partial charge in [0, 0.05) is 0 Å². The van der Waals surface area contributed by atoms with Gasteiger partial charge in [-0.05, 0) is 25.1 Å². The van der Waals surface area contributed by atoms with Crippen LogP contribution in [0.4, 0.5) is 4.39 Å². The van der Waals surface area contributed by atoms with Crippen molar-refractivity contribution in [1.82, 2.24) is 9.78 Å². The first kappa shape index (κ1) is 11.6. The first-order valence-electron chi connectivity index (χ1n) is 5.26. The minimum Gasteiger partial charge on any atom is -0.488 e. The number of ether oxygens (including phenoxy) is 1. The van der Waals surface area contributed by atoms with Gasteiger partial charge in [0.25, 0.3) is 0 Å². The third kappa shape index (κ3) is 3.04. The van der Waals surface area contributed by atoms with Crippen LogP contribution in [0.1, 0.15) is 6.92 Å². The molecule has 1 heterocycles. The van der Waals surface area contributed by atoms with Gasteiger partial charge in [0.05, 0.1) is 24.2 Å². The van der Waals surface area contributed by atoms with E-state index < -0.39 is 6.10 Å². The number of aliphatic hydroxyl groups excluding tert-OH is 1. The summed E-state index contributed by atoms with van der Waals surface area (Å²) in [6.07, 6.45) is 2.62. The van der Waals surface area contributed by atoms with Crippen molar-refractivity contribution in [3.8, 4) is 11.4 Å². The molecule has 0 spiro atoms.